The highest BCUT2D eigenvalue weighted by Crippen LogP contribution is 2.49. The summed E-state index contributed by atoms with van der Waals surface area (Å²) in [5.41, 5.74) is 4.27. The molecule has 4 rings (SSSR count). The molecule has 2 aromatic rings. The minimum atomic E-state index is -2.50. The summed E-state index contributed by atoms with van der Waals surface area (Å²) in [5, 5.41) is 3.42. The van der Waals surface area contributed by atoms with Crippen molar-refractivity contribution in [2.75, 3.05) is 50.6 Å². The molecule has 2 heterocycles. The van der Waals surface area contributed by atoms with Gasteiger partial charge in [-0.05, 0) is 55.6 Å². The second kappa shape index (κ2) is 7.90. The fourth-order valence-electron chi connectivity index (χ4n) is 4.23. The van der Waals surface area contributed by atoms with Crippen LogP contribution >= 0.6 is 0 Å². The van der Waals surface area contributed by atoms with Gasteiger partial charge in [0.05, 0.1) is 11.4 Å². The average Bonchev–Trinajstić information content (AvgIpc) is 3.33. The van der Waals surface area contributed by atoms with Gasteiger partial charge in [0.15, 0.2) is 5.82 Å². The summed E-state index contributed by atoms with van der Waals surface area (Å²) in [6, 6.07) is 12.7. The van der Waals surface area contributed by atoms with Crippen molar-refractivity contribution in [3.8, 4) is 11.3 Å². The number of nitrogens with zero attached hydrogens (tertiary/aromatic N) is 3. The maximum absolute atomic E-state index is 13.4. The predicted molar refractivity (Wildman–Crippen MR) is 115 cm³/mol. The molecule has 29 heavy (non-hydrogen) atoms. The summed E-state index contributed by atoms with van der Waals surface area (Å²) in [4.78, 5) is 8.76. The van der Waals surface area contributed by atoms with Gasteiger partial charge in [-0.15, -0.1) is 0 Å². The zero-order chi connectivity index (χ0) is 20.6. The third-order valence-corrected chi connectivity index (χ3v) is 6.13. The number of hydrogen-bond donors (Lipinski definition) is 1. The zero-order valence-corrected chi connectivity index (χ0v) is 17.5. The Balaban J connectivity index is 1.59. The van der Waals surface area contributed by atoms with E-state index in [1.54, 1.807) is 0 Å². The Labute approximate surface area is 171 Å². The van der Waals surface area contributed by atoms with Gasteiger partial charge in [-0.3, -0.25) is 0 Å². The van der Waals surface area contributed by atoms with Crippen LogP contribution in [0.15, 0.2) is 36.4 Å². The van der Waals surface area contributed by atoms with Crippen LogP contribution in [0.1, 0.15) is 30.7 Å². The summed E-state index contributed by atoms with van der Waals surface area (Å²) in [6.07, 6.45) is 2.31. The highest BCUT2D eigenvalue weighted by atomic mass is 19.3. The number of hydrogen-bond acceptors (Lipinski definition) is 4. The van der Waals surface area contributed by atoms with E-state index in [2.05, 4.69) is 29.6 Å². The van der Waals surface area contributed by atoms with E-state index in [0.29, 0.717) is 12.5 Å². The van der Waals surface area contributed by atoms with E-state index in [-0.39, 0.29) is 6.42 Å². The molecule has 156 valence electrons. The minimum Gasteiger partial charge on any atom is -0.371 e. The standard InChI is InChI=1S/C23H30F2N4/c1-28(2)22-21(29(3)15-19-14-23(19,24)25)8-7-20(27-22)18-6-4-5-17(13-18)16-9-11-26-12-10-16/h4-8,13,16,19,26H,9-12,14-15H2,1-3H3. The van der Waals surface area contributed by atoms with Gasteiger partial charge in [-0.1, -0.05) is 18.2 Å². The molecule has 1 saturated carbocycles. The normalized spacial score (nSPS) is 21.1. The van der Waals surface area contributed by atoms with E-state index < -0.39 is 11.8 Å². The summed E-state index contributed by atoms with van der Waals surface area (Å²) >= 11 is 0. The van der Waals surface area contributed by atoms with Gasteiger partial charge in [0.25, 0.3) is 5.92 Å². The Hall–Kier alpha value is -2.21. The maximum Gasteiger partial charge on any atom is 0.253 e. The van der Waals surface area contributed by atoms with Crippen LogP contribution in [0.5, 0.6) is 0 Å². The van der Waals surface area contributed by atoms with Gasteiger partial charge >= 0.3 is 0 Å². The maximum atomic E-state index is 13.4. The lowest BCUT2D eigenvalue weighted by Crippen LogP contribution is -2.26. The number of piperidine rings is 1. The van der Waals surface area contributed by atoms with Crippen molar-refractivity contribution in [3.63, 3.8) is 0 Å². The fraction of sp³-hybridized carbons (Fsp3) is 0.522. The lowest BCUT2D eigenvalue weighted by Gasteiger charge is -2.26. The van der Waals surface area contributed by atoms with Crippen LogP contribution in [0, 0.1) is 5.92 Å². The quantitative estimate of drug-likeness (QED) is 0.780. The number of anilines is 2. The van der Waals surface area contributed by atoms with Crippen molar-refractivity contribution in [2.24, 2.45) is 5.92 Å². The van der Waals surface area contributed by atoms with Crippen LogP contribution in [0.25, 0.3) is 11.3 Å². The molecule has 1 aromatic heterocycles. The number of nitrogens with one attached hydrogen (secondary N) is 1. The molecule has 2 fully saturated rings. The van der Waals surface area contributed by atoms with E-state index in [0.717, 1.165) is 48.7 Å². The molecule has 1 N–H and O–H groups in total. The van der Waals surface area contributed by atoms with Crippen LogP contribution < -0.4 is 15.1 Å². The van der Waals surface area contributed by atoms with Gasteiger partial charge in [-0.2, -0.15) is 0 Å². The first kappa shape index (κ1) is 20.1. The predicted octanol–water partition coefficient (Wildman–Crippen LogP) is 4.37. The van der Waals surface area contributed by atoms with E-state index in [4.69, 9.17) is 4.98 Å². The first-order chi connectivity index (χ1) is 13.8. The van der Waals surface area contributed by atoms with E-state index in [1.165, 1.54) is 5.56 Å². The van der Waals surface area contributed by atoms with Crippen molar-refractivity contribution in [1.29, 1.82) is 0 Å². The first-order valence-corrected chi connectivity index (χ1v) is 10.4. The van der Waals surface area contributed by atoms with Gasteiger partial charge in [0.1, 0.15) is 0 Å². The molecule has 0 spiro atoms. The summed E-state index contributed by atoms with van der Waals surface area (Å²) in [6.45, 7) is 2.48. The molecule has 4 nitrogen and oxygen atoms in total. The Bertz CT molecular complexity index is 862. The molecule has 1 aromatic carbocycles. The Morgan fingerprint density at radius 1 is 1.10 bits per heavy atom. The second-order valence-corrected chi connectivity index (χ2v) is 8.63. The minimum absolute atomic E-state index is 0.0103. The first-order valence-electron chi connectivity index (χ1n) is 10.4. The van der Waals surface area contributed by atoms with E-state index >= 15 is 0 Å². The van der Waals surface area contributed by atoms with Crippen molar-refractivity contribution < 1.29 is 8.78 Å². The monoisotopic (exact) mass is 400 g/mol. The van der Waals surface area contributed by atoms with E-state index in [9.17, 15) is 8.78 Å². The van der Waals surface area contributed by atoms with Gasteiger partial charge in [-0.25, -0.2) is 13.8 Å². The molecule has 2 aliphatic rings. The third kappa shape index (κ3) is 4.37. The molecule has 1 aliphatic carbocycles. The summed E-state index contributed by atoms with van der Waals surface area (Å²) in [7, 11) is 5.76. The molecule has 0 radical (unpaired) electrons. The van der Waals surface area contributed by atoms with Gasteiger partial charge in [0, 0.05) is 45.6 Å². The van der Waals surface area contributed by atoms with Crippen LogP contribution in [0.2, 0.25) is 0 Å². The fourth-order valence-corrected chi connectivity index (χ4v) is 4.23. The lowest BCUT2D eigenvalue weighted by molar-refractivity contribution is 0.100. The summed E-state index contributed by atoms with van der Waals surface area (Å²) in [5.74, 6) is -1.66. The highest BCUT2D eigenvalue weighted by Gasteiger charge is 2.57. The van der Waals surface area contributed by atoms with Crippen LogP contribution in [-0.4, -0.2) is 51.7 Å². The van der Waals surface area contributed by atoms with Gasteiger partial charge < -0.3 is 15.1 Å². The number of halogens is 2. The molecule has 0 amide bonds. The third-order valence-electron chi connectivity index (χ3n) is 6.13. The molecule has 1 aliphatic heterocycles. The number of aromatic nitrogens is 1. The molecular formula is C23H30F2N4. The largest absolute Gasteiger partial charge is 0.371 e. The van der Waals surface area contributed by atoms with Crippen LogP contribution in [0.4, 0.5) is 20.3 Å². The number of rotatable bonds is 6. The second-order valence-electron chi connectivity index (χ2n) is 8.63. The van der Waals surface area contributed by atoms with Crippen molar-refractivity contribution in [3.05, 3.63) is 42.0 Å². The molecule has 6 heteroatoms. The molecular weight excluding hydrogens is 370 g/mol. The lowest BCUT2D eigenvalue weighted by atomic mass is 9.89. The van der Waals surface area contributed by atoms with Gasteiger partial charge in [0.2, 0.25) is 0 Å². The smallest absolute Gasteiger partial charge is 0.253 e. The Morgan fingerprint density at radius 3 is 2.48 bits per heavy atom. The molecule has 1 unspecified atom stereocenters. The number of benzene rings is 1. The van der Waals surface area contributed by atoms with Crippen molar-refractivity contribution >= 4 is 11.5 Å². The number of pyridine rings is 1. The average molecular weight is 401 g/mol. The zero-order valence-electron chi connectivity index (χ0n) is 17.5. The van der Waals surface area contributed by atoms with Crippen molar-refractivity contribution in [2.45, 2.75) is 31.1 Å². The topological polar surface area (TPSA) is 31.4 Å². The van der Waals surface area contributed by atoms with Crippen LogP contribution in [-0.2, 0) is 0 Å². The molecule has 1 atom stereocenters. The molecule has 1 saturated heterocycles. The SMILES string of the molecule is CN(C)c1nc(-c2cccc(C3CCNCC3)c2)ccc1N(C)CC1CC1(F)F. The Kier molecular flexibility index (Phi) is 5.47. The summed E-state index contributed by atoms with van der Waals surface area (Å²) < 4.78 is 26.7. The highest BCUT2D eigenvalue weighted by molar-refractivity contribution is 5.72. The molecule has 0 bridgehead atoms. The Morgan fingerprint density at radius 2 is 1.83 bits per heavy atom. The number of alkyl halides is 2. The van der Waals surface area contributed by atoms with Crippen LogP contribution in [0.3, 0.4) is 0 Å². The van der Waals surface area contributed by atoms with E-state index in [1.807, 2.05) is 43.1 Å². The van der Waals surface area contributed by atoms with Crippen molar-refractivity contribution in [1.82, 2.24) is 10.3 Å².